The quantitative estimate of drug-likeness (QED) is 0.876. The van der Waals surface area contributed by atoms with Gasteiger partial charge in [0.25, 0.3) is 0 Å². The zero-order valence-electron chi connectivity index (χ0n) is 11.1. The highest BCUT2D eigenvalue weighted by molar-refractivity contribution is 5.37. The molecule has 3 nitrogen and oxygen atoms in total. The summed E-state index contributed by atoms with van der Waals surface area (Å²) in [5, 5.41) is 6.83. The normalized spacial score (nSPS) is 25.2. The van der Waals surface area contributed by atoms with Crippen molar-refractivity contribution >= 4 is 5.82 Å². The Hall–Kier alpha value is -1.30. The van der Waals surface area contributed by atoms with Gasteiger partial charge in [0.15, 0.2) is 0 Å². The topological polar surface area (TPSA) is 37.0 Å². The molecular weight excluding hydrogens is 267 g/mol. The average Bonchev–Trinajstić information content (AvgIpc) is 2.37. The van der Waals surface area contributed by atoms with Gasteiger partial charge in [-0.2, -0.15) is 13.2 Å². The van der Waals surface area contributed by atoms with E-state index in [1.807, 2.05) is 0 Å². The minimum atomic E-state index is -4.32. The van der Waals surface area contributed by atoms with Crippen LogP contribution >= 0.6 is 0 Å². The fraction of sp³-hybridized carbons (Fsp3) is 0.643. The highest BCUT2D eigenvalue weighted by Crippen LogP contribution is 2.39. The highest BCUT2D eigenvalue weighted by Gasteiger charge is 2.40. The van der Waals surface area contributed by atoms with Crippen molar-refractivity contribution in [1.29, 1.82) is 0 Å². The molecule has 0 aromatic carbocycles. The van der Waals surface area contributed by atoms with Crippen molar-refractivity contribution in [2.24, 2.45) is 0 Å². The first kappa shape index (κ1) is 13.7. The molecule has 2 fully saturated rings. The second-order valence-corrected chi connectivity index (χ2v) is 5.82. The van der Waals surface area contributed by atoms with E-state index in [0.717, 1.165) is 31.6 Å². The van der Waals surface area contributed by atoms with E-state index in [9.17, 15) is 13.2 Å². The summed E-state index contributed by atoms with van der Waals surface area (Å²) in [5.74, 6) is 0.527. The van der Waals surface area contributed by atoms with Crippen LogP contribution in [0, 0.1) is 0 Å². The average molecular weight is 285 g/mol. The molecule has 0 amide bonds. The molecule has 0 radical (unpaired) electrons. The summed E-state index contributed by atoms with van der Waals surface area (Å²) in [4.78, 5) is 3.88. The van der Waals surface area contributed by atoms with Gasteiger partial charge in [-0.15, -0.1) is 0 Å². The molecular formula is C14H18F3N3. The van der Waals surface area contributed by atoms with Crippen molar-refractivity contribution in [2.75, 3.05) is 11.9 Å². The largest absolute Gasteiger partial charge is 0.417 e. The lowest BCUT2D eigenvalue weighted by Crippen LogP contribution is -2.58. The second kappa shape index (κ2) is 4.91. The Labute approximate surface area is 116 Å². The fourth-order valence-electron chi connectivity index (χ4n) is 3.12. The Morgan fingerprint density at radius 1 is 1.30 bits per heavy atom. The third kappa shape index (κ3) is 2.75. The molecule has 1 aliphatic heterocycles. The number of piperidine rings is 1. The predicted molar refractivity (Wildman–Crippen MR) is 70.5 cm³/mol. The number of nitrogens with one attached hydrogen (secondary N) is 2. The van der Waals surface area contributed by atoms with Crippen molar-refractivity contribution in [2.45, 2.75) is 49.9 Å². The van der Waals surface area contributed by atoms with Crippen molar-refractivity contribution in [1.82, 2.24) is 10.3 Å². The molecule has 2 N–H and O–H groups in total. The number of pyridine rings is 1. The number of aromatic nitrogens is 1. The minimum Gasteiger partial charge on any atom is -0.367 e. The summed E-state index contributed by atoms with van der Waals surface area (Å²) in [6, 6.07) is 2.79. The molecule has 20 heavy (non-hydrogen) atoms. The Balaban J connectivity index is 1.63. The van der Waals surface area contributed by atoms with E-state index in [1.165, 1.54) is 25.3 Å². The first-order valence-corrected chi connectivity index (χ1v) is 7.02. The first-order chi connectivity index (χ1) is 9.47. The molecule has 1 spiro atoms. The number of alkyl halides is 3. The van der Waals surface area contributed by atoms with Gasteiger partial charge in [-0.3, -0.25) is 0 Å². The number of halogens is 3. The van der Waals surface area contributed by atoms with Crippen LogP contribution in [0.15, 0.2) is 18.3 Å². The molecule has 2 aliphatic rings. The molecule has 1 aromatic rings. The van der Waals surface area contributed by atoms with Gasteiger partial charge in [0.05, 0.1) is 5.56 Å². The maximum atomic E-state index is 12.5. The summed E-state index contributed by atoms with van der Waals surface area (Å²) >= 11 is 0. The predicted octanol–water partition coefficient (Wildman–Crippen LogP) is 3.19. The standard InChI is InChI=1S/C14H18F3N3/c15-14(16,17)10-2-3-12(18-9-10)20-11-4-7-19-13(8-11)5-1-6-13/h2-3,9,11,19H,1,4-8H2,(H,18,20). The van der Waals surface area contributed by atoms with Crippen LogP contribution in [0.25, 0.3) is 0 Å². The highest BCUT2D eigenvalue weighted by atomic mass is 19.4. The van der Waals surface area contributed by atoms with Gasteiger partial charge in [0.1, 0.15) is 5.82 Å². The van der Waals surface area contributed by atoms with Crippen molar-refractivity contribution < 1.29 is 13.2 Å². The van der Waals surface area contributed by atoms with Gasteiger partial charge in [-0.1, -0.05) is 0 Å². The number of hydrogen-bond acceptors (Lipinski definition) is 3. The van der Waals surface area contributed by atoms with Crippen molar-refractivity contribution in [3.8, 4) is 0 Å². The van der Waals surface area contributed by atoms with Crippen LogP contribution in [-0.2, 0) is 6.18 Å². The number of hydrogen-bond donors (Lipinski definition) is 2. The number of rotatable bonds is 2. The molecule has 1 aliphatic carbocycles. The molecule has 3 rings (SSSR count). The lowest BCUT2D eigenvalue weighted by atomic mass is 9.70. The van der Waals surface area contributed by atoms with Crippen LogP contribution in [0.2, 0.25) is 0 Å². The summed E-state index contributed by atoms with van der Waals surface area (Å²) in [6.07, 6.45) is 2.23. The molecule has 1 atom stereocenters. The van der Waals surface area contributed by atoms with Gasteiger partial charge in [0, 0.05) is 17.8 Å². The lowest BCUT2D eigenvalue weighted by Gasteiger charge is -2.48. The van der Waals surface area contributed by atoms with Crippen LogP contribution < -0.4 is 10.6 Å². The van der Waals surface area contributed by atoms with Crippen molar-refractivity contribution in [3.05, 3.63) is 23.9 Å². The van der Waals surface area contributed by atoms with E-state index in [4.69, 9.17) is 0 Å². The maximum absolute atomic E-state index is 12.5. The van der Waals surface area contributed by atoms with Crippen LogP contribution in [-0.4, -0.2) is 23.1 Å². The van der Waals surface area contributed by atoms with E-state index in [0.29, 0.717) is 11.9 Å². The van der Waals surface area contributed by atoms with Gasteiger partial charge in [-0.25, -0.2) is 4.98 Å². The monoisotopic (exact) mass is 285 g/mol. The lowest BCUT2D eigenvalue weighted by molar-refractivity contribution is -0.137. The Morgan fingerprint density at radius 3 is 2.65 bits per heavy atom. The summed E-state index contributed by atoms with van der Waals surface area (Å²) in [5.41, 5.74) is -0.439. The van der Waals surface area contributed by atoms with Gasteiger partial charge >= 0.3 is 6.18 Å². The Morgan fingerprint density at radius 2 is 2.10 bits per heavy atom. The zero-order valence-corrected chi connectivity index (χ0v) is 11.1. The third-order valence-corrected chi connectivity index (χ3v) is 4.38. The first-order valence-electron chi connectivity index (χ1n) is 7.02. The Bertz CT molecular complexity index is 466. The van der Waals surface area contributed by atoms with E-state index in [1.54, 1.807) is 0 Å². The van der Waals surface area contributed by atoms with Crippen LogP contribution in [0.4, 0.5) is 19.0 Å². The van der Waals surface area contributed by atoms with Crippen LogP contribution in [0.3, 0.4) is 0 Å². The van der Waals surface area contributed by atoms with Crippen molar-refractivity contribution in [3.63, 3.8) is 0 Å². The SMILES string of the molecule is FC(F)(F)c1ccc(NC2CCNC3(CCC3)C2)nc1. The summed E-state index contributed by atoms with van der Waals surface area (Å²) in [7, 11) is 0. The smallest absolute Gasteiger partial charge is 0.367 e. The summed E-state index contributed by atoms with van der Waals surface area (Å²) in [6.45, 7) is 0.957. The van der Waals surface area contributed by atoms with Gasteiger partial charge < -0.3 is 10.6 Å². The molecule has 110 valence electrons. The zero-order chi connectivity index (χ0) is 14.2. The van der Waals surface area contributed by atoms with E-state index < -0.39 is 11.7 Å². The van der Waals surface area contributed by atoms with E-state index >= 15 is 0 Å². The van der Waals surface area contributed by atoms with E-state index in [-0.39, 0.29) is 5.54 Å². The third-order valence-electron chi connectivity index (χ3n) is 4.38. The molecule has 1 saturated heterocycles. The number of nitrogens with zero attached hydrogens (tertiary/aromatic N) is 1. The molecule has 2 heterocycles. The minimum absolute atomic E-state index is 0.266. The second-order valence-electron chi connectivity index (χ2n) is 5.82. The van der Waals surface area contributed by atoms with E-state index in [2.05, 4.69) is 15.6 Å². The molecule has 1 saturated carbocycles. The maximum Gasteiger partial charge on any atom is 0.417 e. The molecule has 0 bridgehead atoms. The molecule has 1 unspecified atom stereocenters. The van der Waals surface area contributed by atoms with Crippen LogP contribution in [0.1, 0.15) is 37.7 Å². The fourth-order valence-corrected chi connectivity index (χ4v) is 3.12. The van der Waals surface area contributed by atoms with Crippen LogP contribution in [0.5, 0.6) is 0 Å². The Kier molecular flexibility index (Phi) is 3.36. The van der Waals surface area contributed by atoms with Gasteiger partial charge in [0.2, 0.25) is 0 Å². The summed E-state index contributed by atoms with van der Waals surface area (Å²) < 4.78 is 37.4. The molecule has 1 aromatic heterocycles. The van der Waals surface area contributed by atoms with Gasteiger partial charge in [-0.05, 0) is 50.8 Å². The molecule has 6 heteroatoms. The number of anilines is 1.